The van der Waals surface area contributed by atoms with Gasteiger partial charge in [-0.15, -0.1) is 11.3 Å². The second-order valence-electron chi connectivity index (χ2n) is 6.38. The zero-order valence-electron chi connectivity index (χ0n) is 12.6. The van der Waals surface area contributed by atoms with E-state index in [-0.39, 0.29) is 5.91 Å². The average Bonchev–Trinajstić information content (AvgIpc) is 2.69. The molecular formula is C15H23N3OS2. The van der Waals surface area contributed by atoms with E-state index in [0.717, 1.165) is 27.4 Å². The molecule has 21 heavy (non-hydrogen) atoms. The van der Waals surface area contributed by atoms with Crippen LogP contribution in [0.2, 0.25) is 0 Å². The molecule has 0 radical (unpaired) electrons. The van der Waals surface area contributed by atoms with E-state index >= 15 is 0 Å². The second kappa shape index (κ2) is 6.18. The third-order valence-corrected chi connectivity index (χ3v) is 6.29. The quantitative estimate of drug-likeness (QED) is 0.840. The molecule has 3 rings (SSSR count). The molecule has 2 atom stereocenters. The number of H-pyrrole nitrogens is 1. The van der Waals surface area contributed by atoms with Crippen molar-refractivity contribution in [1.82, 2.24) is 15.2 Å². The molecule has 2 saturated heterocycles. The fourth-order valence-corrected chi connectivity index (χ4v) is 5.05. The normalized spacial score (nSPS) is 29.3. The van der Waals surface area contributed by atoms with Gasteiger partial charge in [0.1, 0.15) is 0 Å². The highest BCUT2D eigenvalue weighted by atomic mass is 32.1. The summed E-state index contributed by atoms with van der Waals surface area (Å²) in [6.07, 6.45) is 6.54. The molecule has 2 unspecified atom stereocenters. The van der Waals surface area contributed by atoms with Crippen molar-refractivity contribution in [2.75, 3.05) is 7.05 Å². The van der Waals surface area contributed by atoms with Crippen molar-refractivity contribution in [3.63, 3.8) is 0 Å². The molecule has 0 aromatic carbocycles. The molecule has 1 aromatic heterocycles. The maximum absolute atomic E-state index is 12.3. The van der Waals surface area contributed by atoms with E-state index in [1.54, 1.807) is 0 Å². The molecule has 0 spiro atoms. The minimum Gasteiger partial charge on any atom is -0.353 e. The summed E-state index contributed by atoms with van der Waals surface area (Å²) in [5.41, 5.74) is 1.03. The van der Waals surface area contributed by atoms with Gasteiger partial charge in [0.25, 0.3) is 0 Å². The summed E-state index contributed by atoms with van der Waals surface area (Å²) in [6, 6.07) is 1.65. The highest BCUT2D eigenvalue weighted by Gasteiger charge is 2.36. The number of carbonyl (C=O) groups is 1. The number of aromatic amines is 1. The van der Waals surface area contributed by atoms with E-state index in [4.69, 9.17) is 12.2 Å². The van der Waals surface area contributed by atoms with E-state index in [0.29, 0.717) is 24.5 Å². The van der Waals surface area contributed by atoms with Gasteiger partial charge in [0.05, 0.1) is 6.42 Å². The Hall–Kier alpha value is -0.720. The molecule has 0 aliphatic carbocycles. The molecule has 1 amide bonds. The molecule has 6 heteroatoms. The number of thiazole rings is 1. The number of rotatable bonds is 3. The van der Waals surface area contributed by atoms with Gasteiger partial charge < -0.3 is 15.2 Å². The number of aryl methyl sites for hydroxylation is 1. The van der Waals surface area contributed by atoms with Crippen LogP contribution >= 0.6 is 23.6 Å². The van der Waals surface area contributed by atoms with Crippen LogP contribution < -0.4 is 5.32 Å². The second-order valence-corrected chi connectivity index (χ2v) is 8.15. The molecular weight excluding hydrogens is 302 g/mol. The van der Waals surface area contributed by atoms with Crippen LogP contribution in [0.1, 0.15) is 42.7 Å². The number of aromatic nitrogens is 1. The lowest BCUT2D eigenvalue weighted by Gasteiger charge is -2.47. The van der Waals surface area contributed by atoms with Crippen molar-refractivity contribution >= 4 is 29.5 Å². The molecule has 0 saturated carbocycles. The first-order chi connectivity index (χ1) is 10.0. The third kappa shape index (κ3) is 3.38. The smallest absolute Gasteiger partial charge is 0.225 e. The van der Waals surface area contributed by atoms with Crippen LogP contribution in [0, 0.1) is 10.9 Å². The van der Waals surface area contributed by atoms with Crippen molar-refractivity contribution in [3.8, 4) is 0 Å². The first kappa shape index (κ1) is 15.2. The van der Waals surface area contributed by atoms with Crippen LogP contribution in [0.15, 0.2) is 0 Å². The zero-order chi connectivity index (χ0) is 15.0. The molecule has 4 nitrogen and oxygen atoms in total. The highest BCUT2D eigenvalue weighted by Crippen LogP contribution is 2.32. The number of nitrogens with one attached hydrogen (secondary N) is 2. The summed E-state index contributed by atoms with van der Waals surface area (Å²) in [4.78, 5) is 19.0. The minimum atomic E-state index is 0.135. The lowest BCUT2D eigenvalue weighted by atomic mass is 9.82. The molecule has 2 aliphatic heterocycles. The molecule has 116 valence electrons. The van der Waals surface area contributed by atoms with Gasteiger partial charge in [0.15, 0.2) is 3.95 Å². The summed E-state index contributed by atoms with van der Waals surface area (Å²) in [5, 5.41) is 3.25. The lowest BCUT2D eigenvalue weighted by Crippen LogP contribution is -2.55. The molecule has 2 fully saturated rings. The van der Waals surface area contributed by atoms with Crippen LogP contribution in [0.4, 0.5) is 0 Å². The van der Waals surface area contributed by atoms with Gasteiger partial charge in [-0.1, -0.05) is 6.42 Å². The fraction of sp³-hybridized carbons (Fsp3) is 0.733. The number of amides is 1. The first-order valence-corrected chi connectivity index (χ1v) is 8.95. The van der Waals surface area contributed by atoms with Crippen LogP contribution in [0.3, 0.4) is 0 Å². The Morgan fingerprint density at radius 1 is 1.43 bits per heavy atom. The summed E-state index contributed by atoms with van der Waals surface area (Å²) in [6.45, 7) is 1.98. The zero-order valence-corrected chi connectivity index (χ0v) is 14.3. The van der Waals surface area contributed by atoms with Gasteiger partial charge in [0.2, 0.25) is 5.91 Å². The Bertz CT molecular complexity index is 566. The summed E-state index contributed by atoms with van der Waals surface area (Å²) >= 11 is 6.64. The van der Waals surface area contributed by atoms with Gasteiger partial charge in [-0.05, 0) is 51.9 Å². The standard InChI is InChI=1S/C15H23N3OS2/c1-9-13(21-15(20)16-9)8-14(19)17-10-6-11-4-3-5-12(7-10)18(11)2/h10-12H,3-8H2,1-2H3,(H,16,20)(H,17,19). The van der Waals surface area contributed by atoms with E-state index in [2.05, 4.69) is 22.2 Å². The van der Waals surface area contributed by atoms with Crippen molar-refractivity contribution in [1.29, 1.82) is 0 Å². The molecule has 1 aromatic rings. The number of fused-ring (bicyclic) bond motifs is 2. The van der Waals surface area contributed by atoms with Crippen LogP contribution in [-0.4, -0.2) is 41.0 Å². The van der Waals surface area contributed by atoms with Crippen molar-refractivity contribution in [2.24, 2.45) is 0 Å². The predicted molar refractivity (Wildman–Crippen MR) is 88.3 cm³/mol. The van der Waals surface area contributed by atoms with Gasteiger partial charge in [-0.2, -0.15) is 0 Å². The SMILES string of the molecule is Cc1[nH]c(=S)sc1CC(=O)NC1CC2CCCC(C1)N2C. The number of carbonyl (C=O) groups excluding carboxylic acids is 1. The van der Waals surface area contributed by atoms with Crippen molar-refractivity contribution < 1.29 is 4.79 Å². The third-order valence-electron chi connectivity index (χ3n) is 4.95. The maximum Gasteiger partial charge on any atom is 0.225 e. The van der Waals surface area contributed by atoms with E-state index in [1.165, 1.54) is 30.6 Å². The molecule has 3 heterocycles. The predicted octanol–water partition coefficient (Wildman–Crippen LogP) is 2.79. The lowest BCUT2D eigenvalue weighted by molar-refractivity contribution is -0.121. The molecule has 2 bridgehead atoms. The van der Waals surface area contributed by atoms with Crippen molar-refractivity contribution in [2.45, 2.75) is 63.6 Å². The van der Waals surface area contributed by atoms with Crippen molar-refractivity contribution in [3.05, 3.63) is 14.5 Å². The van der Waals surface area contributed by atoms with Crippen LogP contribution in [0.5, 0.6) is 0 Å². The van der Waals surface area contributed by atoms with E-state index in [9.17, 15) is 4.79 Å². The van der Waals surface area contributed by atoms with E-state index in [1.807, 2.05) is 6.92 Å². The monoisotopic (exact) mass is 325 g/mol. The number of hydrogen-bond acceptors (Lipinski definition) is 4. The number of piperidine rings is 2. The molecule has 2 aliphatic rings. The topological polar surface area (TPSA) is 48.1 Å². The van der Waals surface area contributed by atoms with Gasteiger partial charge >= 0.3 is 0 Å². The Morgan fingerprint density at radius 3 is 2.67 bits per heavy atom. The van der Waals surface area contributed by atoms with Gasteiger partial charge in [-0.3, -0.25) is 4.79 Å². The van der Waals surface area contributed by atoms with Crippen LogP contribution in [-0.2, 0) is 11.2 Å². The maximum atomic E-state index is 12.3. The van der Waals surface area contributed by atoms with E-state index < -0.39 is 0 Å². The Labute approximate surface area is 134 Å². The van der Waals surface area contributed by atoms with Gasteiger partial charge in [0, 0.05) is 28.7 Å². The summed E-state index contributed by atoms with van der Waals surface area (Å²) in [5.74, 6) is 0.135. The Kier molecular flexibility index (Phi) is 4.47. The Morgan fingerprint density at radius 2 is 2.10 bits per heavy atom. The highest BCUT2D eigenvalue weighted by molar-refractivity contribution is 7.73. The number of nitrogens with zero attached hydrogens (tertiary/aromatic N) is 1. The molecule has 2 N–H and O–H groups in total. The average molecular weight is 326 g/mol. The largest absolute Gasteiger partial charge is 0.353 e. The fourth-order valence-electron chi connectivity index (χ4n) is 3.76. The van der Waals surface area contributed by atoms with Crippen LogP contribution in [0.25, 0.3) is 0 Å². The minimum absolute atomic E-state index is 0.135. The van der Waals surface area contributed by atoms with Gasteiger partial charge in [-0.25, -0.2) is 0 Å². The Balaban J connectivity index is 1.58. The first-order valence-electron chi connectivity index (χ1n) is 7.73. The number of hydrogen-bond donors (Lipinski definition) is 2. The summed E-state index contributed by atoms with van der Waals surface area (Å²) < 4.78 is 0.754. The summed E-state index contributed by atoms with van der Waals surface area (Å²) in [7, 11) is 2.24.